The maximum atomic E-state index is 12.7. The largest absolute Gasteiger partial charge is 0.396 e. The number of carbonyl (C=O) groups excluding carboxylic acids is 1. The molecule has 2 heterocycles. The number of benzene rings is 1. The minimum atomic E-state index is -0.204. The number of thiophene rings is 1. The van der Waals surface area contributed by atoms with Gasteiger partial charge in [0.2, 0.25) is 0 Å². The first-order valence-electron chi connectivity index (χ1n) is 8.31. The lowest BCUT2D eigenvalue weighted by Crippen LogP contribution is -2.48. The van der Waals surface area contributed by atoms with Crippen molar-refractivity contribution in [3.63, 3.8) is 0 Å². The molecule has 1 aromatic carbocycles. The second-order valence-corrected chi connectivity index (χ2v) is 8.29. The topological polar surface area (TPSA) is 40.5 Å². The highest BCUT2D eigenvalue weighted by molar-refractivity contribution is 7.17. The van der Waals surface area contributed by atoms with Crippen LogP contribution in [-0.4, -0.2) is 35.6 Å². The Balaban J connectivity index is 1.68. The van der Waals surface area contributed by atoms with E-state index in [0.717, 1.165) is 32.2 Å². The van der Waals surface area contributed by atoms with Gasteiger partial charge in [0.1, 0.15) is 0 Å². The van der Waals surface area contributed by atoms with Crippen molar-refractivity contribution in [1.82, 2.24) is 4.90 Å². The van der Waals surface area contributed by atoms with E-state index >= 15 is 0 Å². The molecule has 3 rings (SSSR count). The molecule has 0 radical (unpaired) electrons. The first kappa shape index (κ1) is 17.5. The second kappa shape index (κ2) is 7.68. The van der Waals surface area contributed by atoms with Gasteiger partial charge in [-0.15, -0.1) is 11.3 Å². The van der Waals surface area contributed by atoms with Gasteiger partial charge < -0.3 is 10.0 Å². The van der Waals surface area contributed by atoms with Crippen molar-refractivity contribution >= 4 is 28.8 Å². The average Bonchev–Trinajstić information content (AvgIpc) is 3.07. The molecule has 128 valence electrons. The number of aryl methyl sites for hydroxylation is 1. The molecule has 2 aromatic rings. The number of piperidine rings is 1. The van der Waals surface area contributed by atoms with E-state index in [1.54, 1.807) is 12.1 Å². The zero-order valence-electron chi connectivity index (χ0n) is 13.6. The summed E-state index contributed by atoms with van der Waals surface area (Å²) in [6, 6.07) is 13.9. The number of hydrogen-bond donors (Lipinski definition) is 1. The Kier molecular flexibility index (Phi) is 5.59. The van der Waals surface area contributed by atoms with Crippen molar-refractivity contribution in [3.8, 4) is 0 Å². The van der Waals surface area contributed by atoms with E-state index in [0.29, 0.717) is 15.8 Å². The van der Waals surface area contributed by atoms with Crippen LogP contribution in [0, 0.1) is 5.41 Å². The van der Waals surface area contributed by atoms with Gasteiger partial charge >= 0.3 is 0 Å². The number of aliphatic hydroxyl groups excluding tert-OH is 1. The van der Waals surface area contributed by atoms with E-state index in [4.69, 9.17) is 11.6 Å². The number of amides is 1. The van der Waals surface area contributed by atoms with Crippen molar-refractivity contribution in [1.29, 1.82) is 0 Å². The van der Waals surface area contributed by atoms with Crippen LogP contribution in [0.1, 0.15) is 34.5 Å². The second-order valence-electron chi connectivity index (χ2n) is 6.58. The van der Waals surface area contributed by atoms with E-state index in [1.807, 2.05) is 23.1 Å². The zero-order valence-corrected chi connectivity index (χ0v) is 15.2. The SMILES string of the molecule is O=C(c1ccc(Cl)s1)N1CCC[C@@](CO)(CCc2ccccc2)C1. The maximum Gasteiger partial charge on any atom is 0.263 e. The van der Waals surface area contributed by atoms with Crippen molar-refractivity contribution in [3.05, 3.63) is 57.2 Å². The summed E-state index contributed by atoms with van der Waals surface area (Å²) in [5.74, 6) is 0.0316. The van der Waals surface area contributed by atoms with Gasteiger partial charge in [0, 0.05) is 18.5 Å². The lowest BCUT2D eigenvalue weighted by atomic mass is 9.76. The summed E-state index contributed by atoms with van der Waals surface area (Å²) in [5, 5.41) is 10.0. The summed E-state index contributed by atoms with van der Waals surface area (Å²) in [7, 11) is 0. The van der Waals surface area contributed by atoms with Crippen molar-refractivity contribution in [2.75, 3.05) is 19.7 Å². The molecule has 3 nitrogen and oxygen atoms in total. The molecule has 5 heteroatoms. The molecule has 0 spiro atoms. The quantitative estimate of drug-likeness (QED) is 0.862. The fourth-order valence-corrected chi connectivity index (χ4v) is 4.44. The molecule has 0 saturated carbocycles. The standard InChI is InChI=1S/C19H22ClNO2S/c20-17-8-7-16(24-17)18(23)21-12-4-10-19(13-21,14-22)11-9-15-5-2-1-3-6-15/h1-3,5-8,22H,4,9-14H2/t19-/m1/s1. The zero-order chi connectivity index (χ0) is 17.0. The Morgan fingerprint density at radius 2 is 2.04 bits per heavy atom. The predicted octanol–water partition coefficient (Wildman–Crippen LogP) is 4.25. The third-order valence-corrected chi connectivity index (χ3v) is 6.07. The van der Waals surface area contributed by atoms with Gasteiger partial charge in [-0.2, -0.15) is 0 Å². The Morgan fingerprint density at radius 3 is 2.71 bits per heavy atom. The Labute approximate surface area is 151 Å². The summed E-state index contributed by atoms with van der Waals surface area (Å²) in [6.07, 6.45) is 3.71. The summed E-state index contributed by atoms with van der Waals surface area (Å²) >= 11 is 7.27. The van der Waals surface area contributed by atoms with Crippen molar-refractivity contribution < 1.29 is 9.90 Å². The molecule has 1 N–H and O–H groups in total. The third-order valence-electron chi connectivity index (χ3n) is 4.85. The lowest BCUT2D eigenvalue weighted by Gasteiger charge is -2.42. The van der Waals surface area contributed by atoms with Crippen LogP contribution < -0.4 is 0 Å². The first-order chi connectivity index (χ1) is 11.6. The minimum absolute atomic E-state index is 0.0316. The third kappa shape index (κ3) is 4.00. The molecule has 1 atom stereocenters. The molecule has 1 aliphatic rings. The number of carbonyl (C=O) groups is 1. The molecule has 1 amide bonds. The van der Waals surface area contributed by atoms with Crippen LogP contribution in [0.25, 0.3) is 0 Å². The van der Waals surface area contributed by atoms with E-state index < -0.39 is 0 Å². The molecular formula is C19H22ClNO2S. The van der Waals surface area contributed by atoms with Crippen molar-refractivity contribution in [2.45, 2.75) is 25.7 Å². The Morgan fingerprint density at radius 1 is 1.25 bits per heavy atom. The van der Waals surface area contributed by atoms with Gasteiger partial charge in [0.25, 0.3) is 5.91 Å². The van der Waals surface area contributed by atoms with Crippen LogP contribution in [0.5, 0.6) is 0 Å². The van der Waals surface area contributed by atoms with E-state index in [-0.39, 0.29) is 17.9 Å². The highest BCUT2D eigenvalue weighted by Gasteiger charge is 2.36. The summed E-state index contributed by atoms with van der Waals surface area (Å²) in [6.45, 7) is 1.49. The van der Waals surface area contributed by atoms with Crippen LogP contribution in [0.2, 0.25) is 4.34 Å². The number of nitrogens with zero attached hydrogens (tertiary/aromatic N) is 1. The van der Waals surface area contributed by atoms with Crippen LogP contribution in [0.15, 0.2) is 42.5 Å². The number of rotatable bonds is 5. The molecule has 1 fully saturated rings. The normalized spacial score (nSPS) is 21.0. The summed E-state index contributed by atoms with van der Waals surface area (Å²) in [4.78, 5) is 15.2. The Bertz CT molecular complexity index is 688. The summed E-state index contributed by atoms with van der Waals surface area (Å²) < 4.78 is 0.632. The smallest absolute Gasteiger partial charge is 0.263 e. The first-order valence-corrected chi connectivity index (χ1v) is 9.51. The van der Waals surface area contributed by atoms with E-state index in [9.17, 15) is 9.90 Å². The molecular weight excluding hydrogens is 342 g/mol. The fraction of sp³-hybridized carbons (Fsp3) is 0.421. The highest BCUT2D eigenvalue weighted by atomic mass is 35.5. The molecule has 0 aliphatic carbocycles. The number of likely N-dealkylation sites (tertiary alicyclic amines) is 1. The molecule has 1 saturated heterocycles. The van der Waals surface area contributed by atoms with Gasteiger partial charge in [-0.25, -0.2) is 0 Å². The van der Waals surface area contributed by atoms with Gasteiger partial charge in [-0.1, -0.05) is 41.9 Å². The van der Waals surface area contributed by atoms with E-state index in [1.165, 1.54) is 16.9 Å². The van der Waals surface area contributed by atoms with E-state index in [2.05, 4.69) is 12.1 Å². The average molecular weight is 364 g/mol. The molecule has 0 unspecified atom stereocenters. The maximum absolute atomic E-state index is 12.7. The van der Waals surface area contributed by atoms with Crippen LogP contribution in [-0.2, 0) is 6.42 Å². The highest BCUT2D eigenvalue weighted by Crippen LogP contribution is 2.35. The number of hydrogen-bond acceptors (Lipinski definition) is 3. The lowest BCUT2D eigenvalue weighted by molar-refractivity contribution is 0.0231. The van der Waals surface area contributed by atoms with Gasteiger partial charge in [0.05, 0.1) is 15.8 Å². The minimum Gasteiger partial charge on any atom is -0.396 e. The van der Waals surface area contributed by atoms with Crippen molar-refractivity contribution in [2.24, 2.45) is 5.41 Å². The Hall–Kier alpha value is -1.36. The van der Waals surface area contributed by atoms with Crippen LogP contribution >= 0.6 is 22.9 Å². The number of halogens is 1. The molecule has 24 heavy (non-hydrogen) atoms. The monoisotopic (exact) mass is 363 g/mol. The van der Waals surface area contributed by atoms with Gasteiger partial charge in [0.15, 0.2) is 0 Å². The summed E-state index contributed by atoms with van der Waals surface area (Å²) in [5.41, 5.74) is 1.07. The number of aliphatic hydroxyl groups is 1. The molecule has 1 aliphatic heterocycles. The van der Waals surface area contributed by atoms with Crippen LogP contribution in [0.4, 0.5) is 0 Å². The molecule has 0 bridgehead atoms. The van der Waals surface area contributed by atoms with Gasteiger partial charge in [-0.05, 0) is 43.4 Å². The predicted molar refractivity (Wildman–Crippen MR) is 98.7 cm³/mol. The van der Waals surface area contributed by atoms with Gasteiger partial charge in [-0.3, -0.25) is 4.79 Å². The molecule has 1 aromatic heterocycles. The fourth-order valence-electron chi connectivity index (χ4n) is 3.43. The van der Waals surface area contributed by atoms with Crippen LogP contribution in [0.3, 0.4) is 0 Å².